The van der Waals surface area contributed by atoms with Gasteiger partial charge in [-0.25, -0.2) is 0 Å². The van der Waals surface area contributed by atoms with E-state index in [0.29, 0.717) is 0 Å². The topological polar surface area (TPSA) is 58.9 Å². The molecule has 1 aromatic carbocycles. The zero-order valence-electron chi connectivity index (χ0n) is 8.66. The number of amides is 1. The highest BCUT2D eigenvalue weighted by Gasteiger charge is 2.18. The van der Waals surface area contributed by atoms with Gasteiger partial charge in [-0.15, -0.1) is 0 Å². The number of carbonyl (C=O) groups excluding carboxylic acids is 1. The van der Waals surface area contributed by atoms with Gasteiger partial charge < -0.3 is 10.7 Å². The van der Waals surface area contributed by atoms with Crippen LogP contribution in [0.3, 0.4) is 0 Å². The summed E-state index contributed by atoms with van der Waals surface area (Å²) in [5.41, 5.74) is 7.43. The molecule has 0 aliphatic heterocycles. The average Bonchev–Trinajstić information content (AvgIpc) is 2.63. The normalized spacial score (nSPS) is 12.9. The molecule has 1 atom stereocenters. The lowest BCUT2D eigenvalue weighted by molar-refractivity contribution is -0.119. The number of carbonyl (C=O) groups is 1. The van der Waals surface area contributed by atoms with E-state index < -0.39 is 0 Å². The first kappa shape index (κ1) is 9.77. The number of H-pyrrole nitrogens is 1. The van der Waals surface area contributed by atoms with E-state index in [4.69, 9.17) is 5.73 Å². The van der Waals surface area contributed by atoms with E-state index in [1.807, 2.05) is 37.4 Å². The fourth-order valence-electron chi connectivity index (χ4n) is 1.96. The van der Waals surface area contributed by atoms with Crippen LogP contribution >= 0.6 is 0 Å². The first-order valence-corrected chi connectivity index (χ1v) is 5.09. The number of primary amides is 1. The molecule has 1 amide bonds. The van der Waals surface area contributed by atoms with Crippen molar-refractivity contribution in [1.29, 1.82) is 0 Å². The second-order valence-corrected chi connectivity index (χ2v) is 3.65. The van der Waals surface area contributed by atoms with Gasteiger partial charge in [0, 0.05) is 17.1 Å². The summed E-state index contributed by atoms with van der Waals surface area (Å²) in [6, 6.07) is 7.93. The Labute approximate surface area is 88.3 Å². The Balaban J connectivity index is 2.55. The molecule has 2 aromatic rings. The van der Waals surface area contributed by atoms with Crippen molar-refractivity contribution in [2.45, 2.75) is 19.3 Å². The van der Waals surface area contributed by atoms with E-state index in [1.54, 1.807) is 0 Å². The molecule has 3 nitrogen and oxygen atoms in total. The van der Waals surface area contributed by atoms with Crippen LogP contribution in [0.4, 0.5) is 0 Å². The molecule has 1 heterocycles. The van der Waals surface area contributed by atoms with Crippen LogP contribution < -0.4 is 5.73 Å². The Morgan fingerprint density at radius 2 is 2.20 bits per heavy atom. The fraction of sp³-hybridized carbons (Fsp3) is 0.250. The van der Waals surface area contributed by atoms with Gasteiger partial charge in [0.25, 0.3) is 0 Å². The van der Waals surface area contributed by atoms with Gasteiger partial charge >= 0.3 is 0 Å². The van der Waals surface area contributed by atoms with Crippen molar-refractivity contribution in [3.63, 3.8) is 0 Å². The van der Waals surface area contributed by atoms with E-state index in [1.165, 1.54) is 0 Å². The van der Waals surface area contributed by atoms with Gasteiger partial charge in [-0.3, -0.25) is 4.79 Å². The van der Waals surface area contributed by atoms with Gasteiger partial charge in [-0.05, 0) is 18.1 Å². The highest BCUT2D eigenvalue weighted by atomic mass is 16.1. The maximum atomic E-state index is 11.3. The summed E-state index contributed by atoms with van der Waals surface area (Å²) in [5.74, 6) is -0.455. The Morgan fingerprint density at radius 3 is 2.87 bits per heavy atom. The molecule has 0 bridgehead atoms. The number of aromatic amines is 1. The second kappa shape index (κ2) is 3.77. The Morgan fingerprint density at radius 1 is 1.47 bits per heavy atom. The molecule has 1 unspecified atom stereocenters. The van der Waals surface area contributed by atoms with E-state index in [0.717, 1.165) is 22.9 Å². The predicted molar refractivity (Wildman–Crippen MR) is 60.5 cm³/mol. The van der Waals surface area contributed by atoms with Crippen molar-refractivity contribution < 1.29 is 4.79 Å². The van der Waals surface area contributed by atoms with E-state index in [9.17, 15) is 4.79 Å². The lowest BCUT2D eigenvalue weighted by Gasteiger charge is -2.09. The molecule has 1 aromatic heterocycles. The number of nitrogens with two attached hydrogens (primary N) is 1. The largest absolute Gasteiger partial charge is 0.369 e. The van der Waals surface area contributed by atoms with E-state index in [-0.39, 0.29) is 11.8 Å². The number of benzene rings is 1. The molecule has 0 spiro atoms. The fourth-order valence-corrected chi connectivity index (χ4v) is 1.96. The van der Waals surface area contributed by atoms with Crippen molar-refractivity contribution in [2.75, 3.05) is 0 Å². The minimum atomic E-state index is -0.262. The van der Waals surface area contributed by atoms with Crippen LogP contribution in [0.25, 0.3) is 10.9 Å². The molecule has 78 valence electrons. The smallest absolute Gasteiger partial charge is 0.225 e. The van der Waals surface area contributed by atoms with Gasteiger partial charge in [-0.1, -0.05) is 25.1 Å². The molecule has 2 rings (SSSR count). The number of hydrogen-bond acceptors (Lipinski definition) is 1. The Hall–Kier alpha value is -1.77. The molecule has 0 aliphatic rings. The summed E-state index contributed by atoms with van der Waals surface area (Å²) in [6.45, 7) is 1.97. The van der Waals surface area contributed by atoms with Crippen molar-refractivity contribution in [2.24, 2.45) is 5.73 Å². The molecule has 0 saturated carbocycles. The van der Waals surface area contributed by atoms with Crippen molar-refractivity contribution in [3.05, 3.63) is 36.0 Å². The standard InChI is InChI=1S/C12H14N2O/c1-2-8(12(13)15)10-7-14-11-6-4-3-5-9(10)11/h3-8,14H,2H2,1H3,(H2,13,15). The van der Waals surface area contributed by atoms with Crippen LogP contribution in [0, 0.1) is 0 Å². The predicted octanol–water partition coefficient (Wildman–Crippen LogP) is 2.15. The monoisotopic (exact) mass is 202 g/mol. The number of fused-ring (bicyclic) bond motifs is 1. The van der Waals surface area contributed by atoms with Crippen LogP contribution in [0.1, 0.15) is 24.8 Å². The average molecular weight is 202 g/mol. The first-order chi connectivity index (χ1) is 7.24. The minimum absolute atomic E-state index is 0.193. The summed E-state index contributed by atoms with van der Waals surface area (Å²) in [6.07, 6.45) is 2.61. The van der Waals surface area contributed by atoms with Crippen LogP contribution in [-0.2, 0) is 4.79 Å². The third-order valence-electron chi connectivity index (χ3n) is 2.75. The highest BCUT2D eigenvalue weighted by Crippen LogP contribution is 2.27. The summed E-state index contributed by atoms with van der Waals surface area (Å²) in [4.78, 5) is 14.4. The molecule has 0 aliphatic carbocycles. The lowest BCUT2D eigenvalue weighted by atomic mass is 9.95. The maximum Gasteiger partial charge on any atom is 0.225 e. The molecule has 0 saturated heterocycles. The number of hydrogen-bond donors (Lipinski definition) is 2. The summed E-state index contributed by atoms with van der Waals surface area (Å²) >= 11 is 0. The van der Waals surface area contributed by atoms with Crippen LogP contribution in [0.2, 0.25) is 0 Å². The lowest BCUT2D eigenvalue weighted by Crippen LogP contribution is -2.20. The summed E-state index contributed by atoms with van der Waals surface area (Å²) < 4.78 is 0. The van der Waals surface area contributed by atoms with Crippen LogP contribution in [0.5, 0.6) is 0 Å². The second-order valence-electron chi connectivity index (χ2n) is 3.65. The molecule has 0 fully saturated rings. The quantitative estimate of drug-likeness (QED) is 0.787. The van der Waals surface area contributed by atoms with Crippen molar-refractivity contribution >= 4 is 16.8 Å². The van der Waals surface area contributed by atoms with Gasteiger partial charge in [0.15, 0.2) is 0 Å². The SMILES string of the molecule is CCC(C(N)=O)c1c[nH]c2ccccc12. The molecular formula is C12H14N2O. The number of rotatable bonds is 3. The summed E-state index contributed by atoms with van der Waals surface area (Å²) in [7, 11) is 0. The molecule has 0 radical (unpaired) electrons. The van der Waals surface area contributed by atoms with Crippen molar-refractivity contribution in [1.82, 2.24) is 4.98 Å². The number of aromatic nitrogens is 1. The van der Waals surface area contributed by atoms with Crippen LogP contribution in [-0.4, -0.2) is 10.9 Å². The Kier molecular flexibility index (Phi) is 2.46. The molecule has 3 heteroatoms. The van der Waals surface area contributed by atoms with Gasteiger partial charge in [-0.2, -0.15) is 0 Å². The molecule has 15 heavy (non-hydrogen) atoms. The minimum Gasteiger partial charge on any atom is -0.369 e. The molecule has 3 N–H and O–H groups in total. The zero-order chi connectivity index (χ0) is 10.8. The van der Waals surface area contributed by atoms with E-state index >= 15 is 0 Å². The third kappa shape index (κ3) is 1.61. The highest BCUT2D eigenvalue weighted by molar-refractivity contribution is 5.91. The van der Waals surface area contributed by atoms with Gasteiger partial charge in [0.05, 0.1) is 5.92 Å². The Bertz CT molecular complexity index is 487. The van der Waals surface area contributed by atoms with Gasteiger partial charge in [0.2, 0.25) is 5.91 Å². The van der Waals surface area contributed by atoms with E-state index in [2.05, 4.69) is 4.98 Å². The summed E-state index contributed by atoms with van der Waals surface area (Å²) in [5, 5.41) is 1.09. The number of nitrogens with one attached hydrogen (secondary N) is 1. The van der Waals surface area contributed by atoms with Crippen molar-refractivity contribution in [3.8, 4) is 0 Å². The maximum absolute atomic E-state index is 11.3. The molecular weight excluding hydrogens is 188 g/mol. The van der Waals surface area contributed by atoms with Gasteiger partial charge in [0.1, 0.15) is 0 Å². The zero-order valence-corrected chi connectivity index (χ0v) is 8.66. The first-order valence-electron chi connectivity index (χ1n) is 5.09. The third-order valence-corrected chi connectivity index (χ3v) is 2.75. The van der Waals surface area contributed by atoms with Crippen LogP contribution in [0.15, 0.2) is 30.5 Å². The number of para-hydroxylation sites is 1.